The number of aromatic amines is 1. The Labute approximate surface area is 105 Å². The monoisotopic (exact) mass is 242 g/mol. The van der Waals surface area contributed by atoms with Gasteiger partial charge in [0, 0.05) is 12.5 Å². The van der Waals surface area contributed by atoms with Crippen molar-refractivity contribution in [1.82, 2.24) is 10.2 Å². The number of carbonyl (C=O) groups excluding carboxylic acids is 1. The fourth-order valence-electron chi connectivity index (χ4n) is 1.73. The summed E-state index contributed by atoms with van der Waals surface area (Å²) in [6.45, 7) is 1.52. The van der Waals surface area contributed by atoms with Gasteiger partial charge in [0.05, 0.1) is 11.8 Å². The molecular weight excluding hydrogens is 228 g/mol. The van der Waals surface area contributed by atoms with Gasteiger partial charge in [0.15, 0.2) is 5.78 Å². The van der Waals surface area contributed by atoms with E-state index in [-0.39, 0.29) is 5.78 Å². The van der Waals surface area contributed by atoms with Gasteiger partial charge < -0.3 is 4.74 Å². The van der Waals surface area contributed by atoms with Gasteiger partial charge in [0.2, 0.25) is 0 Å². The first kappa shape index (κ1) is 11.0. The summed E-state index contributed by atoms with van der Waals surface area (Å²) in [6.07, 6.45) is 2.72. The van der Waals surface area contributed by atoms with E-state index in [9.17, 15) is 4.79 Å². The summed E-state index contributed by atoms with van der Waals surface area (Å²) >= 11 is 0. The molecule has 3 rings (SSSR count). The number of nitrogens with zero attached hydrogens (tertiary/aromatic N) is 1. The van der Waals surface area contributed by atoms with Gasteiger partial charge in [-0.15, -0.1) is 0 Å². The molecule has 0 spiro atoms. The summed E-state index contributed by atoms with van der Waals surface area (Å²) < 4.78 is 5.68. The molecule has 4 nitrogen and oxygen atoms in total. The van der Waals surface area contributed by atoms with E-state index >= 15 is 0 Å². The number of Topliss-reactive ketones (excluding diaryl/α,β-unsaturated/α-hetero) is 1. The fraction of sp³-hybridized carbons (Fsp3) is 0.286. The molecule has 0 unspecified atom stereocenters. The zero-order valence-corrected chi connectivity index (χ0v) is 10.1. The number of ether oxygens (including phenoxy) is 1. The van der Waals surface area contributed by atoms with Crippen LogP contribution in [0.25, 0.3) is 11.3 Å². The first-order valence-electron chi connectivity index (χ1n) is 6.06. The standard InChI is InChI=1S/C14H14N2O2/c1-9(17)13-8-14(16-15-13)10-2-4-11(5-3-10)18-12-6-7-12/h2-5,8,12H,6-7H2,1H3,(H,15,16). The third-order valence-electron chi connectivity index (χ3n) is 2.93. The Morgan fingerprint density at radius 2 is 2.06 bits per heavy atom. The number of benzene rings is 1. The van der Waals surface area contributed by atoms with Crippen molar-refractivity contribution in [2.75, 3.05) is 0 Å². The van der Waals surface area contributed by atoms with Gasteiger partial charge in [-0.25, -0.2) is 0 Å². The van der Waals surface area contributed by atoms with E-state index in [1.807, 2.05) is 24.3 Å². The highest BCUT2D eigenvalue weighted by Gasteiger charge is 2.23. The van der Waals surface area contributed by atoms with Crippen LogP contribution < -0.4 is 4.74 Å². The van der Waals surface area contributed by atoms with Gasteiger partial charge in [-0.1, -0.05) is 0 Å². The molecule has 0 amide bonds. The SMILES string of the molecule is CC(=O)c1cc(-c2ccc(OC3CC3)cc2)n[nH]1. The Morgan fingerprint density at radius 1 is 1.33 bits per heavy atom. The number of hydrogen-bond donors (Lipinski definition) is 1. The molecule has 0 radical (unpaired) electrons. The second-order valence-electron chi connectivity index (χ2n) is 4.56. The van der Waals surface area contributed by atoms with Crippen molar-refractivity contribution in [3.8, 4) is 17.0 Å². The Bertz CT molecular complexity index is 568. The van der Waals surface area contributed by atoms with E-state index in [2.05, 4.69) is 10.2 Å². The van der Waals surface area contributed by atoms with Crippen molar-refractivity contribution >= 4 is 5.78 Å². The highest BCUT2D eigenvalue weighted by molar-refractivity contribution is 5.93. The molecule has 0 atom stereocenters. The predicted octanol–water partition coefficient (Wildman–Crippen LogP) is 2.82. The lowest BCUT2D eigenvalue weighted by atomic mass is 10.1. The van der Waals surface area contributed by atoms with Crippen molar-refractivity contribution in [3.63, 3.8) is 0 Å². The molecule has 2 aromatic rings. The molecule has 1 fully saturated rings. The quantitative estimate of drug-likeness (QED) is 0.839. The number of rotatable bonds is 4. The Kier molecular flexibility index (Phi) is 2.63. The molecule has 1 saturated carbocycles. The van der Waals surface area contributed by atoms with Gasteiger partial charge in [-0.05, 0) is 43.2 Å². The van der Waals surface area contributed by atoms with Crippen LogP contribution in [0.2, 0.25) is 0 Å². The van der Waals surface area contributed by atoms with Crippen LogP contribution in [0.3, 0.4) is 0 Å². The van der Waals surface area contributed by atoms with Crippen molar-refractivity contribution in [3.05, 3.63) is 36.0 Å². The van der Waals surface area contributed by atoms with E-state index in [1.165, 1.54) is 6.92 Å². The Balaban J connectivity index is 1.79. The molecule has 4 heteroatoms. The maximum absolute atomic E-state index is 11.2. The minimum atomic E-state index is -0.0116. The van der Waals surface area contributed by atoms with Gasteiger partial charge >= 0.3 is 0 Å². The van der Waals surface area contributed by atoms with E-state index in [0.29, 0.717) is 11.8 Å². The lowest BCUT2D eigenvalue weighted by molar-refractivity contribution is 0.101. The number of hydrogen-bond acceptors (Lipinski definition) is 3. The summed E-state index contributed by atoms with van der Waals surface area (Å²) in [7, 11) is 0. The second kappa shape index (κ2) is 4.29. The normalized spacial score (nSPS) is 14.5. The van der Waals surface area contributed by atoms with E-state index in [0.717, 1.165) is 29.8 Å². The lowest BCUT2D eigenvalue weighted by Crippen LogP contribution is -1.95. The van der Waals surface area contributed by atoms with Crippen molar-refractivity contribution in [1.29, 1.82) is 0 Å². The molecule has 1 heterocycles. The number of nitrogens with one attached hydrogen (secondary N) is 1. The molecule has 1 aromatic heterocycles. The smallest absolute Gasteiger partial charge is 0.177 e. The maximum atomic E-state index is 11.2. The third-order valence-corrected chi connectivity index (χ3v) is 2.93. The minimum Gasteiger partial charge on any atom is -0.490 e. The van der Waals surface area contributed by atoms with Crippen LogP contribution in [0.1, 0.15) is 30.3 Å². The zero-order chi connectivity index (χ0) is 12.5. The molecule has 1 aliphatic carbocycles. The molecule has 18 heavy (non-hydrogen) atoms. The molecule has 0 aliphatic heterocycles. The summed E-state index contributed by atoms with van der Waals surface area (Å²) in [5.41, 5.74) is 2.28. The molecule has 0 bridgehead atoms. The first-order chi connectivity index (χ1) is 8.72. The molecule has 1 aliphatic rings. The summed E-state index contributed by atoms with van der Waals surface area (Å²) in [5, 5.41) is 6.85. The summed E-state index contributed by atoms with van der Waals surface area (Å²) in [6, 6.07) is 9.56. The topological polar surface area (TPSA) is 55.0 Å². The van der Waals surface area contributed by atoms with Crippen LogP contribution in [0.4, 0.5) is 0 Å². The van der Waals surface area contributed by atoms with Crippen LogP contribution in [0.15, 0.2) is 30.3 Å². The molecule has 92 valence electrons. The predicted molar refractivity (Wildman–Crippen MR) is 67.7 cm³/mol. The minimum absolute atomic E-state index is 0.0116. The van der Waals surface area contributed by atoms with Gasteiger partial charge in [-0.3, -0.25) is 9.89 Å². The average Bonchev–Trinajstić information content (AvgIpc) is 3.04. The van der Waals surface area contributed by atoms with Crippen LogP contribution in [-0.4, -0.2) is 22.1 Å². The lowest BCUT2D eigenvalue weighted by Gasteiger charge is -2.04. The van der Waals surface area contributed by atoms with Crippen LogP contribution in [-0.2, 0) is 0 Å². The number of H-pyrrole nitrogens is 1. The van der Waals surface area contributed by atoms with Gasteiger partial charge in [0.1, 0.15) is 11.4 Å². The highest BCUT2D eigenvalue weighted by atomic mass is 16.5. The molecule has 1 aromatic carbocycles. The van der Waals surface area contributed by atoms with E-state index in [4.69, 9.17) is 4.74 Å². The van der Waals surface area contributed by atoms with Crippen molar-refractivity contribution < 1.29 is 9.53 Å². The van der Waals surface area contributed by atoms with Crippen molar-refractivity contribution in [2.24, 2.45) is 0 Å². The Morgan fingerprint density at radius 3 is 2.61 bits per heavy atom. The molecule has 0 saturated heterocycles. The highest BCUT2D eigenvalue weighted by Crippen LogP contribution is 2.28. The second-order valence-corrected chi connectivity index (χ2v) is 4.56. The third kappa shape index (κ3) is 2.27. The molecule has 1 N–H and O–H groups in total. The zero-order valence-electron chi connectivity index (χ0n) is 10.1. The van der Waals surface area contributed by atoms with Crippen LogP contribution >= 0.6 is 0 Å². The van der Waals surface area contributed by atoms with E-state index in [1.54, 1.807) is 6.07 Å². The van der Waals surface area contributed by atoms with Gasteiger partial charge in [0.25, 0.3) is 0 Å². The summed E-state index contributed by atoms with van der Waals surface area (Å²) in [4.78, 5) is 11.2. The van der Waals surface area contributed by atoms with Gasteiger partial charge in [-0.2, -0.15) is 5.10 Å². The first-order valence-corrected chi connectivity index (χ1v) is 6.06. The average molecular weight is 242 g/mol. The number of aromatic nitrogens is 2. The maximum Gasteiger partial charge on any atom is 0.177 e. The van der Waals surface area contributed by atoms with E-state index < -0.39 is 0 Å². The van der Waals surface area contributed by atoms with Crippen LogP contribution in [0.5, 0.6) is 5.75 Å². The Hall–Kier alpha value is -2.10. The van der Waals surface area contributed by atoms with Crippen molar-refractivity contribution in [2.45, 2.75) is 25.9 Å². The number of carbonyl (C=O) groups is 1. The summed E-state index contributed by atoms with van der Waals surface area (Å²) in [5.74, 6) is 0.881. The number of ketones is 1. The largest absolute Gasteiger partial charge is 0.490 e. The fourth-order valence-corrected chi connectivity index (χ4v) is 1.73. The van der Waals surface area contributed by atoms with Crippen LogP contribution in [0, 0.1) is 0 Å². The molecular formula is C14H14N2O2.